The van der Waals surface area contributed by atoms with Crippen LogP contribution >= 0.6 is 23.4 Å². The van der Waals surface area contributed by atoms with Crippen molar-refractivity contribution in [3.05, 3.63) is 46.4 Å². The quantitative estimate of drug-likeness (QED) is 0.378. The molecule has 1 saturated heterocycles. The molecule has 2 aromatic rings. The van der Waals surface area contributed by atoms with Gasteiger partial charge in [-0.05, 0) is 30.7 Å². The summed E-state index contributed by atoms with van der Waals surface area (Å²) in [7, 11) is 0. The topological polar surface area (TPSA) is 19.4 Å². The molecular weight excluding hydrogens is 471 g/mol. The molecule has 31 heavy (non-hydrogen) atoms. The van der Waals surface area contributed by atoms with Gasteiger partial charge < -0.3 is 9.80 Å². The summed E-state index contributed by atoms with van der Waals surface area (Å²) in [5.41, 5.74) is -0.359. The van der Waals surface area contributed by atoms with Crippen LogP contribution in [0.5, 0.6) is 0 Å². The predicted octanol–water partition coefficient (Wildman–Crippen LogP) is 6.18. The molecule has 1 aromatic heterocycles. The molecule has 1 fully saturated rings. The van der Waals surface area contributed by atoms with Gasteiger partial charge in [0.15, 0.2) is 0 Å². The molecule has 0 saturated carbocycles. The molecule has 1 aromatic carbocycles. The van der Waals surface area contributed by atoms with Gasteiger partial charge in [-0.25, -0.2) is 9.37 Å². The summed E-state index contributed by atoms with van der Waals surface area (Å²) in [5, 5.41) is -0.143. The van der Waals surface area contributed by atoms with E-state index in [4.69, 9.17) is 11.6 Å². The van der Waals surface area contributed by atoms with Crippen molar-refractivity contribution in [3.63, 3.8) is 0 Å². The number of pyridine rings is 1. The number of thioether (sulfide) groups is 1. The van der Waals surface area contributed by atoms with Crippen LogP contribution in [0.3, 0.4) is 0 Å². The molecule has 1 aliphatic heterocycles. The summed E-state index contributed by atoms with van der Waals surface area (Å²) in [6.45, 7) is 2.74. The third kappa shape index (κ3) is 5.88. The molecule has 0 bridgehead atoms. The number of aromatic nitrogens is 1. The molecule has 0 N–H and O–H groups in total. The molecule has 3 rings (SSSR count). The van der Waals surface area contributed by atoms with E-state index in [-0.39, 0.29) is 16.5 Å². The van der Waals surface area contributed by atoms with Gasteiger partial charge in [-0.15, -0.1) is 11.8 Å². The van der Waals surface area contributed by atoms with Gasteiger partial charge in [-0.2, -0.15) is 26.3 Å². The van der Waals surface area contributed by atoms with Gasteiger partial charge in [0.2, 0.25) is 0 Å². The van der Waals surface area contributed by atoms with Crippen molar-refractivity contribution in [1.82, 2.24) is 4.98 Å². The Labute approximate surface area is 183 Å². The molecule has 0 aliphatic carbocycles. The Balaban J connectivity index is 1.72. The van der Waals surface area contributed by atoms with Gasteiger partial charge >= 0.3 is 12.4 Å². The predicted molar refractivity (Wildman–Crippen MR) is 107 cm³/mol. The number of hydrogen-bond donors (Lipinski definition) is 0. The summed E-state index contributed by atoms with van der Waals surface area (Å²) >= 11 is 6.58. The Morgan fingerprint density at radius 2 is 1.61 bits per heavy atom. The summed E-state index contributed by atoms with van der Waals surface area (Å²) in [6, 6.07) is 3.41. The zero-order valence-electron chi connectivity index (χ0n) is 16.1. The van der Waals surface area contributed by atoms with Gasteiger partial charge in [0.1, 0.15) is 11.6 Å². The highest BCUT2D eigenvalue weighted by Gasteiger charge is 2.32. The third-order valence-corrected chi connectivity index (χ3v) is 6.21. The van der Waals surface area contributed by atoms with E-state index in [2.05, 4.69) is 4.98 Å². The minimum atomic E-state index is -4.56. The average Bonchev–Trinajstić information content (AvgIpc) is 2.66. The van der Waals surface area contributed by atoms with Crippen LogP contribution in [-0.4, -0.2) is 43.1 Å². The lowest BCUT2D eigenvalue weighted by atomic mass is 10.1. The van der Waals surface area contributed by atoms with E-state index < -0.39 is 29.5 Å². The number of hydrogen-bond acceptors (Lipinski definition) is 4. The maximum atomic E-state index is 14.5. The van der Waals surface area contributed by atoms with Crippen LogP contribution in [0.4, 0.5) is 42.2 Å². The van der Waals surface area contributed by atoms with E-state index >= 15 is 0 Å². The minimum Gasteiger partial charge on any atom is -0.366 e. The van der Waals surface area contributed by atoms with E-state index in [0.717, 1.165) is 6.07 Å². The highest BCUT2D eigenvalue weighted by molar-refractivity contribution is 7.99. The van der Waals surface area contributed by atoms with Crippen LogP contribution in [-0.2, 0) is 6.18 Å². The van der Waals surface area contributed by atoms with Crippen molar-refractivity contribution >= 4 is 34.9 Å². The Hall–Kier alpha value is -1.88. The first-order valence-corrected chi connectivity index (χ1v) is 10.4. The Morgan fingerprint density at radius 1 is 1.00 bits per heavy atom. The van der Waals surface area contributed by atoms with Crippen molar-refractivity contribution in [2.75, 3.05) is 41.7 Å². The molecule has 170 valence electrons. The summed E-state index contributed by atoms with van der Waals surface area (Å²) in [4.78, 5) is 7.53. The smallest absolute Gasteiger partial charge is 0.366 e. The molecule has 0 unspecified atom stereocenters. The molecule has 1 aliphatic rings. The Bertz CT molecular complexity index is 941. The van der Waals surface area contributed by atoms with Crippen LogP contribution in [0.25, 0.3) is 0 Å². The standard InChI is InChI=1S/C19H17ClF7N3S/c1-11-6-14(21)15(8-16(11)31-10-18(22,23)24)29-2-4-30(5-3-29)17-13(20)7-12(9-28-17)19(25,26)27/h6-9H,2-5,10H2,1H3. The lowest BCUT2D eigenvalue weighted by Gasteiger charge is -2.37. The second-order valence-electron chi connectivity index (χ2n) is 6.97. The maximum Gasteiger partial charge on any atom is 0.417 e. The fourth-order valence-corrected chi connectivity index (χ4v) is 4.26. The van der Waals surface area contributed by atoms with Crippen molar-refractivity contribution in [1.29, 1.82) is 0 Å². The molecule has 12 heteroatoms. The second kappa shape index (κ2) is 8.93. The van der Waals surface area contributed by atoms with Gasteiger partial charge in [-0.3, -0.25) is 0 Å². The van der Waals surface area contributed by atoms with Gasteiger partial charge in [0.05, 0.1) is 22.0 Å². The number of halogens is 8. The average molecular weight is 488 g/mol. The van der Waals surface area contributed by atoms with Crippen molar-refractivity contribution in [2.24, 2.45) is 0 Å². The number of anilines is 2. The molecule has 3 nitrogen and oxygen atoms in total. The van der Waals surface area contributed by atoms with E-state index in [0.29, 0.717) is 54.6 Å². The van der Waals surface area contributed by atoms with Crippen LogP contribution in [0.15, 0.2) is 29.3 Å². The van der Waals surface area contributed by atoms with Gasteiger partial charge in [-0.1, -0.05) is 11.6 Å². The number of nitrogens with zero attached hydrogens (tertiary/aromatic N) is 3. The van der Waals surface area contributed by atoms with Gasteiger partial charge in [0.25, 0.3) is 0 Å². The first-order chi connectivity index (χ1) is 14.3. The summed E-state index contributed by atoms with van der Waals surface area (Å²) in [5.74, 6) is -1.43. The molecule has 0 amide bonds. The summed E-state index contributed by atoms with van der Waals surface area (Å²) < 4.78 is 90.5. The second-order valence-corrected chi connectivity index (χ2v) is 8.40. The first-order valence-electron chi connectivity index (χ1n) is 9.07. The minimum absolute atomic E-state index is 0.143. The molecule has 0 spiro atoms. The van der Waals surface area contributed by atoms with E-state index in [1.807, 2.05) is 0 Å². The normalized spacial score (nSPS) is 15.5. The first kappa shape index (κ1) is 23.8. The molecule has 0 atom stereocenters. The van der Waals surface area contributed by atoms with Crippen molar-refractivity contribution < 1.29 is 30.7 Å². The zero-order valence-corrected chi connectivity index (χ0v) is 17.7. The van der Waals surface area contributed by atoms with Crippen LogP contribution in [0.1, 0.15) is 11.1 Å². The highest BCUT2D eigenvalue weighted by atomic mass is 35.5. The molecule has 0 radical (unpaired) electrons. The Kier molecular flexibility index (Phi) is 6.85. The maximum absolute atomic E-state index is 14.5. The number of benzene rings is 1. The highest BCUT2D eigenvalue weighted by Crippen LogP contribution is 2.36. The fourth-order valence-electron chi connectivity index (χ4n) is 3.18. The lowest BCUT2D eigenvalue weighted by Crippen LogP contribution is -2.47. The van der Waals surface area contributed by atoms with Crippen molar-refractivity contribution in [3.8, 4) is 0 Å². The number of rotatable bonds is 4. The molecular formula is C19H17ClF7N3S. The zero-order chi connectivity index (χ0) is 23.0. The third-order valence-electron chi connectivity index (χ3n) is 4.70. The van der Waals surface area contributed by atoms with Crippen LogP contribution < -0.4 is 9.80 Å². The lowest BCUT2D eigenvalue weighted by molar-refractivity contribution is -0.137. The van der Waals surface area contributed by atoms with E-state index in [1.54, 1.807) is 16.7 Å². The number of alkyl halides is 6. The SMILES string of the molecule is Cc1cc(F)c(N2CCN(c3ncc(C(F)(F)F)cc3Cl)CC2)cc1SCC(F)(F)F. The van der Waals surface area contributed by atoms with E-state index in [9.17, 15) is 30.7 Å². The van der Waals surface area contributed by atoms with E-state index in [1.165, 1.54) is 12.1 Å². The van der Waals surface area contributed by atoms with Crippen LogP contribution in [0.2, 0.25) is 5.02 Å². The fraction of sp³-hybridized carbons (Fsp3) is 0.421. The largest absolute Gasteiger partial charge is 0.417 e. The van der Waals surface area contributed by atoms with Crippen LogP contribution in [0, 0.1) is 12.7 Å². The van der Waals surface area contributed by atoms with Gasteiger partial charge in [0, 0.05) is 37.3 Å². The monoisotopic (exact) mass is 487 g/mol. The number of piperazine rings is 1. The Morgan fingerprint density at radius 3 is 2.16 bits per heavy atom. The number of aryl methyl sites for hydroxylation is 1. The van der Waals surface area contributed by atoms with Crippen molar-refractivity contribution in [2.45, 2.75) is 24.2 Å². The summed E-state index contributed by atoms with van der Waals surface area (Å²) in [6.07, 6.45) is -8.19. The molecule has 2 heterocycles.